The SMILES string of the molecule is C[n+]1ccc(C=Cc2ccc([N+](=O)[O-])cc2)c2ccccc21.[I-]. The number of rotatable bonds is 3. The van der Waals surface area contributed by atoms with E-state index in [1.165, 1.54) is 17.5 Å². The van der Waals surface area contributed by atoms with Gasteiger partial charge in [0, 0.05) is 24.3 Å². The Hall–Kier alpha value is -2.28. The van der Waals surface area contributed by atoms with Gasteiger partial charge in [0.2, 0.25) is 5.52 Å². The molecular formula is C18H15IN2O2. The number of non-ortho nitro benzene ring substituents is 1. The Morgan fingerprint density at radius 3 is 2.39 bits per heavy atom. The van der Waals surface area contributed by atoms with Crippen LogP contribution >= 0.6 is 0 Å². The molecule has 4 nitrogen and oxygen atoms in total. The molecule has 116 valence electrons. The maximum absolute atomic E-state index is 10.7. The predicted molar refractivity (Wildman–Crippen MR) is 87.1 cm³/mol. The Morgan fingerprint density at radius 2 is 1.70 bits per heavy atom. The normalized spacial score (nSPS) is 10.7. The van der Waals surface area contributed by atoms with Gasteiger partial charge in [-0.15, -0.1) is 0 Å². The minimum Gasteiger partial charge on any atom is -1.00 e. The number of hydrogen-bond acceptors (Lipinski definition) is 2. The van der Waals surface area contributed by atoms with Crippen LogP contribution in [0.25, 0.3) is 23.1 Å². The number of pyridine rings is 1. The molecule has 0 spiro atoms. The van der Waals surface area contributed by atoms with Gasteiger partial charge in [-0.3, -0.25) is 10.1 Å². The van der Waals surface area contributed by atoms with Crippen LogP contribution in [0.4, 0.5) is 5.69 Å². The van der Waals surface area contributed by atoms with Crippen molar-refractivity contribution in [2.24, 2.45) is 7.05 Å². The third kappa shape index (κ3) is 3.73. The number of benzene rings is 2. The molecule has 1 aromatic heterocycles. The third-order valence-corrected chi connectivity index (χ3v) is 3.63. The molecule has 1 heterocycles. The van der Waals surface area contributed by atoms with Gasteiger partial charge in [-0.05, 0) is 29.3 Å². The van der Waals surface area contributed by atoms with Gasteiger partial charge in [-0.1, -0.05) is 24.3 Å². The second-order valence-corrected chi connectivity index (χ2v) is 5.08. The van der Waals surface area contributed by atoms with Crippen LogP contribution in [0.1, 0.15) is 11.1 Å². The average molecular weight is 418 g/mol. The zero-order valence-corrected chi connectivity index (χ0v) is 14.7. The monoisotopic (exact) mass is 418 g/mol. The number of hydrogen-bond donors (Lipinski definition) is 0. The number of halogens is 1. The quantitative estimate of drug-likeness (QED) is 0.273. The van der Waals surface area contributed by atoms with Gasteiger partial charge in [0.1, 0.15) is 7.05 Å². The van der Waals surface area contributed by atoms with E-state index in [4.69, 9.17) is 0 Å². The van der Waals surface area contributed by atoms with E-state index in [0.29, 0.717) is 0 Å². The number of aromatic nitrogens is 1. The van der Waals surface area contributed by atoms with E-state index >= 15 is 0 Å². The van der Waals surface area contributed by atoms with Crippen molar-refractivity contribution in [2.75, 3.05) is 0 Å². The Bertz CT molecular complexity index is 874. The van der Waals surface area contributed by atoms with Crippen molar-refractivity contribution in [1.29, 1.82) is 0 Å². The number of aryl methyl sites for hydroxylation is 1. The minimum atomic E-state index is -0.391. The first-order valence-corrected chi connectivity index (χ1v) is 6.95. The molecule has 0 aliphatic rings. The molecule has 23 heavy (non-hydrogen) atoms. The smallest absolute Gasteiger partial charge is 0.269 e. The summed E-state index contributed by atoms with van der Waals surface area (Å²) in [6.45, 7) is 0. The zero-order chi connectivity index (χ0) is 15.5. The Morgan fingerprint density at radius 1 is 1.00 bits per heavy atom. The molecule has 0 saturated heterocycles. The summed E-state index contributed by atoms with van der Waals surface area (Å²) in [4.78, 5) is 10.3. The molecule has 0 aliphatic carbocycles. The van der Waals surface area contributed by atoms with Crippen LogP contribution < -0.4 is 28.5 Å². The lowest BCUT2D eigenvalue weighted by Gasteiger charge is -2.00. The average Bonchev–Trinajstić information content (AvgIpc) is 2.55. The van der Waals surface area contributed by atoms with E-state index in [9.17, 15) is 10.1 Å². The van der Waals surface area contributed by atoms with Gasteiger partial charge < -0.3 is 24.0 Å². The molecule has 3 aromatic rings. The highest BCUT2D eigenvalue weighted by Gasteiger charge is 2.07. The van der Waals surface area contributed by atoms with E-state index in [0.717, 1.165) is 16.6 Å². The molecule has 0 aliphatic heterocycles. The fraction of sp³-hybridized carbons (Fsp3) is 0.0556. The molecule has 0 N–H and O–H groups in total. The van der Waals surface area contributed by atoms with Gasteiger partial charge in [0.25, 0.3) is 5.69 Å². The van der Waals surface area contributed by atoms with Crippen LogP contribution in [-0.2, 0) is 7.05 Å². The number of nitrogens with zero attached hydrogens (tertiary/aromatic N) is 2. The number of nitro benzene ring substituents is 1. The van der Waals surface area contributed by atoms with Crippen molar-refractivity contribution in [3.8, 4) is 0 Å². The van der Waals surface area contributed by atoms with Crippen molar-refractivity contribution in [2.45, 2.75) is 0 Å². The predicted octanol–water partition coefficient (Wildman–Crippen LogP) is 0.747. The van der Waals surface area contributed by atoms with E-state index < -0.39 is 4.92 Å². The molecule has 0 fully saturated rings. The maximum atomic E-state index is 10.7. The van der Waals surface area contributed by atoms with E-state index in [1.54, 1.807) is 12.1 Å². The van der Waals surface area contributed by atoms with Crippen LogP contribution in [0, 0.1) is 10.1 Å². The van der Waals surface area contributed by atoms with Crippen LogP contribution in [0.3, 0.4) is 0 Å². The molecule has 2 aromatic carbocycles. The summed E-state index contributed by atoms with van der Waals surface area (Å²) in [5.41, 5.74) is 3.32. The van der Waals surface area contributed by atoms with Gasteiger partial charge in [0.15, 0.2) is 6.20 Å². The first-order chi connectivity index (χ1) is 10.6. The standard InChI is InChI=1S/C18H15N2O2.HI/c1-19-13-12-15(17-4-2-3-5-18(17)19)9-6-14-7-10-16(11-8-14)20(21)22;/h2-13H,1H3;1H/q+1;/p-1. The van der Waals surface area contributed by atoms with Gasteiger partial charge in [0.05, 0.1) is 10.3 Å². The van der Waals surface area contributed by atoms with E-state index in [-0.39, 0.29) is 29.7 Å². The van der Waals surface area contributed by atoms with Crippen molar-refractivity contribution < 1.29 is 33.5 Å². The number of nitro groups is 1. The number of fused-ring (bicyclic) bond motifs is 1. The van der Waals surface area contributed by atoms with Gasteiger partial charge in [-0.2, -0.15) is 0 Å². The fourth-order valence-electron chi connectivity index (χ4n) is 2.43. The molecule has 0 bridgehead atoms. The lowest BCUT2D eigenvalue weighted by atomic mass is 10.1. The lowest BCUT2D eigenvalue weighted by molar-refractivity contribution is -0.644. The summed E-state index contributed by atoms with van der Waals surface area (Å²) in [5.74, 6) is 0. The minimum absolute atomic E-state index is 0. The molecule has 0 saturated carbocycles. The van der Waals surface area contributed by atoms with Crippen molar-refractivity contribution in [3.05, 3.63) is 82.0 Å². The van der Waals surface area contributed by atoms with E-state index in [2.05, 4.69) is 22.8 Å². The highest BCUT2D eigenvalue weighted by atomic mass is 127. The third-order valence-electron chi connectivity index (χ3n) is 3.63. The lowest BCUT2D eigenvalue weighted by Crippen LogP contribution is -3.00. The summed E-state index contributed by atoms with van der Waals surface area (Å²) in [5, 5.41) is 11.8. The molecule has 0 atom stereocenters. The summed E-state index contributed by atoms with van der Waals surface area (Å²) in [7, 11) is 2.02. The van der Waals surface area contributed by atoms with Gasteiger partial charge >= 0.3 is 0 Å². The fourth-order valence-corrected chi connectivity index (χ4v) is 2.43. The number of para-hydroxylation sites is 1. The molecule has 0 unspecified atom stereocenters. The largest absolute Gasteiger partial charge is 1.00 e. The van der Waals surface area contributed by atoms with E-state index in [1.807, 2.05) is 37.5 Å². The summed E-state index contributed by atoms with van der Waals surface area (Å²) in [6.07, 6.45) is 6.02. The summed E-state index contributed by atoms with van der Waals surface area (Å²) in [6, 6.07) is 16.8. The second-order valence-electron chi connectivity index (χ2n) is 5.08. The highest BCUT2D eigenvalue weighted by molar-refractivity contribution is 5.88. The van der Waals surface area contributed by atoms with Crippen LogP contribution in [0.15, 0.2) is 60.8 Å². The molecule has 3 rings (SSSR count). The molecule has 0 amide bonds. The first kappa shape index (κ1) is 17.1. The van der Waals surface area contributed by atoms with Crippen LogP contribution in [0.5, 0.6) is 0 Å². The van der Waals surface area contributed by atoms with Gasteiger partial charge in [-0.25, -0.2) is 4.57 Å². The summed E-state index contributed by atoms with van der Waals surface area (Å²) >= 11 is 0. The van der Waals surface area contributed by atoms with Crippen LogP contribution in [-0.4, -0.2) is 4.92 Å². The van der Waals surface area contributed by atoms with Crippen molar-refractivity contribution in [3.63, 3.8) is 0 Å². The first-order valence-electron chi connectivity index (χ1n) is 6.95. The van der Waals surface area contributed by atoms with Crippen molar-refractivity contribution >= 4 is 28.7 Å². The maximum Gasteiger partial charge on any atom is 0.269 e. The van der Waals surface area contributed by atoms with Crippen molar-refractivity contribution in [1.82, 2.24) is 0 Å². The molecule has 5 heteroatoms. The molecule has 0 radical (unpaired) electrons. The highest BCUT2D eigenvalue weighted by Crippen LogP contribution is 2.19. The Kier molecular flexibility index (Phi) is 5.44. The Labute approximate surface area is 151 Å². The molecular weight excluding hydrogens is 403 g/mol. The Balaban J connectivity index is 0.00000192. The second kappa shape index (κ2) is 7.32. The zero-order valence-electron chi connectivity index (χ0n) is 12.5. The topological polar surface area (TPSA) is 47.0 Å². The summed E-state index contributed by atoms with van der Waals surface area (Å²) < 4.78 is 2.08. The van der Waals surface area contributed by atoms with Crippen LogP contribution in [0.2, 0.25) is 0 Å².